The van der Waals surface area contributed by atoms with Gasteiger partial charge in [0.15, 0.2) is 10.8 Å². The van der Waals surface area contributed by atoms with Crippen LogP contribution in [-0.2, 0) is 33.9 Å². The molecule has 5 rings (SSSR count). The maximum absolute atomic E-state index is 13.2. The highest BCUT2D eigenvalue weighted by molar-refractivity contribution is 7.80. The van der Waals surface area contributed by atoms with Gasteiger partial charge in [-0.1, -0.05) is 5.16 Å². The number of thiazole rings is 1. The lowest BCUT2D eigenvalue weighted by molar-refractivity contribution is -0.218. The highest BCUT2D eigenvalue weighted by atomic mass is 32.3. The average molecular weight is 679 g/mol. The summed E-state index contributed by atoms with van der Waals surface area (Å²) in [5, 5.41) is 21.7. The summed E-state index contributed by atoms with van der Waals surface area (Å²) in [6.45, 7) is 5.67. The lowest BCUT2D eigenvalue weighted by atomic mass is 9.84. The molecule has 0 saturated carbocycles. The number of nitrogen functional groups attached to an aromatic ring is 1. The second-order valence-electron chi connectivity index (χ2n) is 10.7. The van der Waals surface area contributed by atoms with Crippen LogP contribution in [0, 0.1) is 0 Å². The number of benzene rings is 1. The van der Waals surface area contributed by atoms with E-state index in [2.05, 4.69) is 30.0 Å². The molecule has 2 fully saturated rings. The van der Waals surface area contributed by atoms with Crippen molar-refractivity contribution >= 4 is 67.1 Å². The van der Waals surface area contributed by atoms with Crippen molar-refractivity contribution in [3.63, 3.8) is 0 Å². The number of piperazine rings is 1. The summed E-state index contributed by atoms with van der Waals surface area (Å²) in [4.78, 5) is 53.8. The van der Waals surface area contributed by atoms with Gasteiger partial charge in [0.25, 0.3) is 17.9 Å². The first-order chi connectivity index (χ1) is 21.7. The number of rotatable bonds is 12. The standard InChI is InChI=1S/C26H30N8O10S2/c1-26(2)21(23(36)34(26)44-46(39,40)41)31-22(35)20(17-13-45-25(27)30-17)32-43-18(24(37)38)12-42-15-4-5-16-14(11-15)3-6-19(29-16)33-9-7-28-8-10-33/h3-6,11,13,18,21,28H,7-10,12H2,1-2H3,(H2,27,30)(H,31,35)(H,37,38)(H,39,40,41)/b32-20-. The number of carboxylic acids is 1. The van der Waals surface area contributed by atoms with Crippen molar-refractivity contribution in [1.82, 2.24) is 25.7 Å². The summed E-state index contributed by atoms with van der Waals surface area (Å²) in [7, 11) is -5.01. The molecule has 2 atom stereocenters. The second kappa shape index (κ2) is 13.0. The monoisotopic (exact) mass is 678 g/mol. The zero-order valence-corrected chi connectivity index (χ0v) is 26.1. The molecule has 46 heavy (non-hydrogen) atoms. The third kappa shape index (κ3) is 7.26. The first kappa shape index (κ1) is 32.8. The zero-order valence-electron chi connectivity index (χ0n) is 24.4. The molecule has 0 aliphatic carbocycles. The molecular formula is C26H30N8O10S2. The number of aliphatic carboxylic acids is 1. The van der Waals surface area contributed by atoms with Crippen molar-refractivity contribution < 1.29 is 46.3 Å². The third-order valence-corrected chi connectivity index (χ3v) is 8.15. The average Bonchev–Trinajstić information content (AvgIpc) is 3.45. The van der Waals surface area contributed by atoms with E-state index in [1.807, 2.05) is 12.1 Å². The summed E-state index contributed by atoms with van der Waals surface area (Å²) in [6, 6.07) is 7.58. The van der Waals surface area contributed by atoms with Crippen LogP contribution in [0.5, 0.6) is 5.75 Å². The smallest absolute Gasteiger partial charge is 0.418 e. The number of hydroxylamine groups is 2. The second-order valence-corrected chi connectivity index (χ2v) is 12.6. The predicted octanol–water partition coefficient (Wildman–Crippen LogP) is -0.224. The van der Waals surface area contributed by atoms with E-state index in [0.29, 0.717) is 10.8 Å². The van der Waals surface area contributed by atoms with Crippen LogP contribution < -0.4 is 26.0 Å². The van der Waals surface area contributed by atoms with E-state index in [1.165, 1.54) is 19.2 Å². The molecule has 0 bridgehead atoms. The molecule has 0 spiro atoms. The lowest BCUT2D eigenvalue weighted by Gasteiger charge is -2.50. The first-order valence-electron chi connectivity index (χ1n) is 13.7. The number of carbonyl (C=O) groups excluding carboxylic acids is 2. The Bertz CT molecular complexity index is 1790. The molecule has 20 heteroatoms. The molecular weight excluding hydrogens is 648 g/mol. The summed E-state index contributed by atoms with van der Waals surface area (Å²) in [5.41, 5.74) is 4.41. The van der Waals surface area contributed by atoms with Crippen LogP contribution >= 0.6 is 11.3 Å². The van der Waals surface area contributed by atoms with E-state index >= 15 is 0 Å². The van der Waals surface area contributed by atoms with Crippen LogP contribution in [0.1, 0.15) is 19.5 Å². The van der Waals surface area contributed by atoms with Gasteiger partial charge in [0.05, 0.1) is 11.1 Å². The van der Waals surface area contributed by atoms with Crippen molar-refractivity contribution in [1.29, 1.82) is 0 Å². The van der Waals surface area contributed by atoms with Gasteiger partial charge in [0, 0.05) is 36.9 Å². The first-order valence-corrected chi connectivity index (χ1v) is 16.0. The number of oxime groups is 1. The number of fused-ring (bicyclic) bond motifs is 1. The van der Waals surface area contributed by atoms with Crippen molar-refractivity contribution in [3.8, 4) is 5.75 Å². The quantitative estimate of drug-likeness (QED) is 0.0719. The highest BCUT2D eigenvalue weighted by Gasteiger charge is 2.58. The number of ether oxygens (including phenoxy) is 1. The largest absolute Gasteiger partial charge is 0.489 e. The maximum Gasteiger partial charge on any atom is 0.418 e. The van der Waals surface area contributed by atoms with E-state index in [-0.39, 0.29) is 10.8 Å². The summed E-state index contributed by atoms with van der Waals surface area (Å²) in [6.07, 6.45) is -1.68. The minimum absolute atomic E-state index is 0.0623. The number of pyridine rings is 1. The Morgan fingerprint density at radius 2 is 1.98 bits per heavy atom. The number of carbonyl (C=O) groups is 3. The fourth-order valence-electron chi connectivity index (χ4n) is 4.71. The lowest BCUT2D eigenvalue weighted by Crippen LogP contribution is -2.76. The molecule has 2 amide bonds. The number of β-lactam (4-membered cyclic amide) rings is 1. The van der Waals surface area contributed by atoms with E-state index in [0.717, 1.165) is 54.2 Å². The molecule has 2 aliphatic rings. The number of nitrogens with two attached hydrogens (primary N) is 1. The molecule has 0 radical (unpaired) electrons. The third-order valence-electron chi connectivity index (χ3n) is 7.14. The fraction of sp³-hybridized carbons (Fsp3) is 0.385. The summed E-state index contributed by atoms with van der Waals surface area (Å²) in [5.74, 6) is -2.25. The zero-order chi connectivity index (χ0) is 33.2. The van der Waals surface area contributed by atoms with Crippen LogP contribution in [0.25, 0.3) is 10.9 Å². The number of hydrogen-bond acceptors (Lipinski definition) is 15. The van der Waals surface area contributed by atoms with Gasteiger partial charge in [-0.3, -0.25) is 14.1 Å². The molecule has 3 aromatic rings. The Morgan fingerprint density at radius 1 is 1.24 bits per heavy atom. The van der Waals surface area contributed by atoms with Crippen molar-refractivity contribution in [3.05, 3.63) is 41.4 Å². The maximum atomic E-state index is 13.2. The SMILES string of the molecule is CC1(C)C(NC(=O)/C(=N\OC(COc2ccc3nc(N4CCNCC4)ccc3c2)C(=O)O)c2csc(N)n2)C(=O)N1OS(=O)(=O)O. The van der Waals surface area contributed by atoms with Crippen LogP contribution in [0.15, 0.2) is 40.9 Å². The van der Waals surface area contributed by atoms with Gasteiger partial charge in [0.1, 0.15) is 29.9 Å². The number of anilines is 2. The molecule has 2 aromatic heterocycles. The normalized spacial score (nSPS) is 19.0. The van der Waals surface area contributed by atoms with Gasteiger partial charge in [0.2, 0.25) is 0 Å². The van der Waals surface area contributed by atoms with E-state index < -0.39 is 58.2 Å². The molecule has 2 unspecified atom stereocenters. The van der Waals surface area contributed by atoms with E-state index in [1.54, 1.807) is 18.2 Å². The summed E-state index contributed by atoms with van der Waals surface area (Å²) >= 11 is 0.963. The Balaban J connectivity index is 1.28. The van der Waals surface area contributed by atoms with Crippen molar-refractivity contribution in [2.75, 3.05) is 43.4 Å². The van der Waals surface area contributed by atoms with Crippen LogP contribution in [-0.4, -0.2) is 107 Å². The number of nitrogens with one attached hydrogen (secondary N) is 2. The molecule has 1 aromatic carbocycles. The topological polar surface area (TPSA) is 248 Å². The van der Waals surface area contributed by atoms with E-state index in [9.17, 15) is 27.9 Å². The molecule has 2 aliphatic heterocycles. The molecule has 18 nitrogen and oxygen atoms in total. The molecule has 246 valence electrons. The Hall–Kier alpha value is -4.63. The van der Waals surface area contributed by atoms with Crippen LogP contribution in [0.3, 0.4) is 0 Å². The van der Waals surface area contributed by atoms with Gasteiger partial charge >= 0.3 is 16.4 Å². The van der Waals surface area contributed by atoms with Crippen molar-refractivity contribution in [2.24, 2.45) is 5.16 Å². The van der Waals surface area contributed by atoms with Crippen molar-refractivity contribution in [2.45, 2.75) is 31.5 Å². The van der Waals surface area contributed by atoms with Gasteiger partial charge < -0.3 is 35.9 Å². The Labute approximate surface area is 266 Å². The number of nitrogens with zero attached hydrogens (tertiary/aromatic N) is 5. The van der Waals surface area contributed by atoms with Gasteiger partial charge in [-0.15, -0.1) is 15.6 Å². The van der Waals surface area contributed by atoms with Gasteiger partial charge in [-0.05, 0) is 44.2 Å². The molecule has 2 saturated heterocycles. The minimum Gasteiger partial charge on any atom is -0.489 e. The van der Waals surface area contributed by atoms with E-state index in [4.69, 9.17) is 24.8 Å². The number of amides is 2. The molecule has 4 heterocycles. The summed E-state index contributed by atoms with van der Waals surface area (Å²) < 4.78 is 41.1. The minimum atomic E-state index is -5.01. The number of aromatic nitrogens is 2. The van der Waals surface area contributed by atoms with Crippen LogP contribution in [0.4, 0.5) is 10.9 Å². The Kier molecular flexibility index (Phi) is 9.26. The Morgan fingerprint density at radius 3 is 2.61 bits per heavy atom. The predicted molar refractivity (Wildman–Crippen MR) is 163 cm³/mol. The fourth-order valence-corrected chi connectivity index (χ4v) is 5.71. The highest BCUT2D eigenvalue weighted by Crippen LogP contribution is 2.33. The number of hydrogen-bond donors (Lipinski definition) is 5. The van der Waals surface area contributed by atoms with Gasteiger partial charge in [-0.25, -0.2) is 14.8 Å². The molecule has 6 N–H and O–H groups in total. The van der Waals surface area contributed by atoms with Crippen LogP contribution in [0.2, 0.25) is 0 Å². The number of carboxylic acid groups (broad SMARTS) is 1. The van der Waals surface area contributed by atoms with Gasteiger partial charge in [-0.2, -0.15) is 13.5 Å².